The molecule has 8 heteroatoms. The fourth-order valence-electron chi connectivity index (χ4n) is 4.02. The molecule has 2 saturated heterocycles. The van der Waals surface area contributed by atoms with E-state index in [1.807, 2.05) is 13.0 Å². The summed E-state index contributed by atoms with van der Waals surface area (Å²) >= 11 is 11.9. The van der Waals surface area contributed by atoms with Crippen molar-refractivity contribution < 1.29 is 19.7 Å². The number of anilines is 1. The molecule has 2 aromatic rings. The highest BCUT2D eigenvalue weighted by Crippen LogP contribution is 2.49. The molecule has 2 fully saturated rings. The van der Waals surface area contributed by atoms with E-state index in [4.69, 9.17) is 27.9 Å². The Hall–Kier alpha value is -1.70. The van der Waals surface area contributed by atoms with Crippen LogP contribution in [0.5, 0.6) is 0 Å². The van der Waals surface area contributed by atoms with Gasteiger partial charge in [0.05, 0.1) is 28.2 Å². The van der Waals surface area contributed by atoms with Crippen LogP contribution in [0.25, 0.3) is 0 Å². The molecule has 0 spiro atoms. The Morgan fingerprint density at radius 3 is 2.56 bits per heavy atom. The zero-order valence-corrected chi connectivity index (χ0v) is 15.9. The highest BCUT2D eigenvalue weighted by atomic mass is 35.5. The number of nitrogens with zero attached hydrogens (tertiary/aromatic N) is 1. The van der Waals surface area contributed by atoms with Gasteiger partial charge in [0.1, 0.15) is 12.2 Å². The minimum Gasteiger partial charge on any atom is -0.388 e. The summed E-state index contributed by atoms with van der Waals surface area (Å²) in [5, 5.41) is 24.1. The summed E-state index contributed by atoms with van der Waals surface area (Å²) in [7, 11) is 0. The number of carbonyl (C=O) groups is 1. The first-order valence-corrected chi connectivity index (χ1v) is 9.32. The molecule has 3 heterocycles. The van der Waals surface area contributed by atoms with Gasteiger partial charge in [-0.3, -0.25) is 9.78 Å². The fraction of sp³-hybridized carbons (Fsp3) is 0.368. The van der Waals surface area contributed by atoms with Crippen LogP contribution in [0.3, 0.4) is 0 Å². The van der Waals surface area contributed by atoms with Crippen molar-refractivity contribution in [3.8, 4) is 0 Å². The van der Waals surface area contributed by atoms with Gasteiger partial charge in [-0.2, -0.15) is 0 Å². The van der Waals surface area contributed by atoms with Crippen molar-refractivity contribution in [1.82, 2.24) is 4.98 Å². The number of amides is 1. The van der Waals surface area contributed by atoms with E-state index >= 15 is 0 Å². The normalized spacial score (nSPS) is 31.9. The summed E-state index contributed by atoms with van der Waals surface area (Å²) in [6.07, 6.45) is -1.93. The van der Waals surface area contributed by atoms with Gasteiger partial charge in [0.15, 0.2) is 0 Å². The first-order valence-electron chi connectivity index (χ1n) is 8.57. The van der Waals surface area contributed by atoms with Crippen LogP contribution in [0, 0.1) is 12.8 Å². The van der Waals surface area contributed by atoms with E-state index in [1.165, 1.54) is 0 Å². The van der Waals surface area contributed by atoms with Crippen molar-refractivity contribution in [3.63, 3.8) is 0 Å². The van der Waals surface area contributed by atoms with Crippen molar-refractivity contribution in [2.45, 2.75) is 37.3 Å². The summed E-state index contributed by atoms with van der Waals surface area (Å²) in [5.74, 6) is -1.37. The number of aliphatic hydroxyl groups is 2. The minimum absolute atomic E-state index is 0.314. The molecule has 0 unspecified atom stereocenters. The molecule has 4 rings (SSSR count). The Labute approximate surface area is 166 Å². The second kappa shape index (κ2) is 7.04. The molecule has 0 saturated carbocycles. The summed E-state index contributed by atoms with van der Waals surface area (Å²) in [4.78, 5) is 17.2. The molecule has 27 heavy (non-hydrogen) atoms. The number of carbonyl (C=O) groups excluding carboxylic acids is 1. The number of nitrogens with one attached hydrogen (secondary N) is 1. The van der Waals surface area contributed by atoms with Crippen molar-refractivity contribution in [2.75, 3.05) is 5.32 Å². The number of aromatic nitrogens is 1. The third-order valence-electron chi connectivity index (χ3n) is 5.23. The quantitative estimate of drug-likeness (QED) is 0.725. The van der Waals surface area contributed by atoms with E-state index in [-0.39, 0.29) is 5.91 Å². The van der Waals surface area contributed by atoms with Crippen LogP contribution in [-0.4, -0.2) is 45.5 Å². The van der Waals surface area contributed by atoms with Crippen LogP contribution in [0.15, 0.2) is 36.5 Å². The monoisotopic (exact) mass is 408 g/mol. The summed E-state index contributed by atoms with van der Waals surface area (Å²) in [6.45, 7) is 1.85. The molecule has 0 radical (unpaired) electrons. The van der Waals surface area contributed by atoms with Gasteiger partial charge in [-0.05, 0) is 42.8 Å². The minimum atomic E-state index is -1.11. The van der Waals surface area contributed by atoms with E-state index < -0.39 is 36.3 Å². The first-order chi connectivity index (χ1) is 12.9. The second-order valence-corrected chi connectivity index (χ2v) is 7.76. The Bertz CT molecular complexity index is 894. The van der Waals surface area contributed by atoms with Crippen LogP contribution >= 0.6 is 23.2 Å². The van der Waals surface area contributed by atoms with E-state index in [1.54, 1.807) is 30.5 Å². The molecule has 142 valence electrons. The predicted molar refractivity (Wildman–Crippen MR) is 101 cm³/mol. The number of ether oxygens (including phenoxy) is 1. The predicted octanol–water partition coefficient (Wildman–Crippen LogP) is 2.54. The maximum atomic E-state index is 13.0. The molecule has 0 aliphatic carbocycles. The van der Waals surface area contributed by atoms with Crippen LogP contribution in [0.4, 0.5) is 5.69 Å². The van der Waals surface area contributed by atoms with Crippen LogP contribution in [0.1, 0.15) is 17.2 Å². The average Bonchev–Trinajstić information content (AvgIpc) is 3.15. The summed E-state index contributed by atoms with van der Waals surface area (Å²) < 4.78 is 5.79. The maximum Gasteiger partial charge on any atom is 0.230 e. The van der Waals surface area contributed by atoms with Gasteiger partial charge >= 0.3 is 0 Å². The van der Waals surface area contributed by atoms with Gasteiger partial charge in [-0.25, -0.2) is 0 Å². The van der Waals surface area contributed by atoms with Gasteiger partial charge in [0.2, 0.25) is 5.91 Å². The SMILES string of the molecule is Cc1cc([C@@H]2[C@@H]3O[C@@H]([C@@H](O)[C@H]3O)[C@@H]2C(=O)Nc2ccc(Cl)c(Cl)c2)ccn1. The molecule has 1 aromatic heterocycles. The first kappa shape index (κ1) is 18.7. The molecule has 2 aliphatic heterocycles. The second-order valence-electron chi connectivity index (χ2n) is 6.95. The number of hydrogen-bond acceptors (Lipinski definition) is 5. The Morgan fingerprint density at radius 2 is 1.85 bits per heavy atom. The van der Waals surface area contributed by atoms with Crippen LogP contribution in [0.2, 0.25) is 10.0 Å². The molecular weight excluding hydrogens is 391 g/mol. The van der Waals surface area contributed by atoms with Gasteiger partial charge in [-0.1, -0.05) is 23.2 Å². The topological polar surface area (TPSA) is 91.7 Å². The molecular formula is C19H18Cl2N2O4. The number of halogens is 2. The number of benzene rings is 1. The van der Waals surface area contributed by atoms with E-state index in [2.05, 4.69) is 10.3 Å². The Morgan fingerprint density at radius 1 is 1.11 bits per heavy atom. The third-order valence-corrected chi connectivity index (χ3v) is 5.97. The molecule has 1 amide bonds. The number of fused-ring (bicyclic) bond motifs is 2. The van der Waals surface area contributed by atoms with Crippen molar-refractivity contribution in [3.05, 3.63) is 57.8 Å². The molecule has 6 atom stereocenters. The lowest BCUT2D eigenvalue weighted by molar-refractivity contribution is -0.124. The van der Waals surface area contributed by atoms with Gasteiger partial charge in [0, 0.05) is 23.5 Å². The van der Waals surface area contributed by atoms with Crippen molar-refractivity contribution >= 4 is 34.8 Å². The lowest BCUT2D eigenvalue weighted by Gasteiger charge is -2.33. The highest BCUT2D eigenvalue weighted by Gasteiger charge is 2.61. The summed E-state index contributed by atoms with van der Waals surface area (Å²) in [6, 6.07) is 8.48. The average molecular weight is 409 g/mol. The smallest absolute Gasteiger partial charge is 0.230 e. The van der Waals surface area contributed by atoms with Crippen molar-refractivity contribution in [2.24, 2.45) is 5.92 Å². The van der Waals surface area contributed by atoms with Gasteiger partial charge in [0.25, 0.3) is 0 Å². The Kier molecular flexibility index (Phi) is 4.86. The number of hydrogen-bond donors (Lipinski definition) is 3. The number of aliphatic hydroxyl groups excluding tert-OH is 2. The van der Waals surface area contributed by atoms with Crippen molar-refractivity contribution in [1.29, 1.82) is 0 Å². The van der Waals surface area contributed by atoms with Crippen LogP contribution in [-0.2, 0) is 9.53 Å². The molecule has 6 nitrogen and oxygen atoms in total. The van der Waals surface area contributed by atoms with E-state index in [0.717, 1.165) is 11.3 Å². The lowest BCUT2D eigenvalue weighted by Crippen LogP contribution is -2.49. The molecule has 3 N–H and O–H groups in total. The van der Waals surface area contributed by atoms with Gasteiger partial charge < -0.3 is 20.3 Å². The number of aryl methyl sites for hydroxylation is 1. The van der Waals surface area contributed by atoms with E-state index in [9.17, 15) is 15.0 Å². The molecule has 2 bridgehead atoms. The van der Waals surface area contributed by atoms with E-state index in [0.29, 0.717) is 15.7 Å². The molecule has 1 aromatic carbocycles. The zero-order chi connectivity index (χ0) is 19.3. The number of rotatable bonds is 3. The zero-order valence-electron chi connectivity index (χ0n) is 14.3. The summed E-state index contributed by atoms with van der Waals surface area (Å²) in [5.41, 5.74) is 2.14. The fourth-order valence-corrected chi connectivity index (χ4v) is 4.32. The third kappa shape index (κ3) is 3.22. The lowest BCUT2D eigenvalue weighted by atomic mass is 9.72. The van der Waals surface area contributed by atoms with Gasteiger partial charge in [-0.15, -0.1) is 0 Å². The maximum absolute atomic E-state index is 13.0. The Balaban J connectivity index is 1.65. The highest BCUT2D eigenvalue weighted by molar-refractivity contribution is 6.42. The largest absolute Gasteiger partial charge is 0.388 e. The number of pyridine rings is 1. The molecule has 2 aliphatic rings. The standard InChI is InChI=1S/C19H18Cl2N2O4/c1-8-6-9(4-5-22-8)13-14(18-16(25)15(24)17(13)27-18)19(26)23-10-2-3-11(20)12(21)7-10/h2-7,13-18,24-25H,1H3,(H,23,26)/t13-,14+,15+,16-,17-,18+/m0/s1. The van der Waals surface area contributed by atoms with Crippen LogP contribution < -0.4 is 5.32 Å².